The van der Waals surface area contributed by atoms with E-state index < -0.39 is 24.5 Å². The Kier molecular flexibility index (Phi) is 4.89. The van der Waals surface area contributed by atoms with E-state index in [9.17, 15) is 26.3 Å². The molecule has 1 heterocycles. The highest BCUT2D eigenvalue weighted by molar-refractivity contribution is 5.47. The predicted molar refractivity (Wildman–Crippen MR) is 70.6 cm³/mol. The van der Waals surface area contributed by atoms with Gasteiger partial charge in [0.2, 0.25) is 0 Å². The summed E-state index contributed by atoms with van der Waals surface area (Å²) >= 11 is 0. The van der Waals surface area contributed by atoms with Crippen LogP contribution in [0.5, 0.6) is 0 Å². The van der Waals surface area contributed by atoms with Gasteiger partial charge in [0.25, 0.3) is 0 Å². The molecule has 0 bridgehead atoms. The van der Waals surface area contributed by atoms with Crippen molar-refractivity contribution in [2.75, 3.05) is 25.0 Å². The molecule has 1 aromatic carbocycles. The minimum Gasteiger partial charge on any atom is -0.382 e. The van der Waals surface area contributed by atoms with E-state index in [1.54, 1.807) is 0 Å². The van der Waals surface area contributed by atoms with Crippen molar-refractivity contribution in [3.63, 3.8) is 0 Å². The quantitative estimate of drug-likeness (QED) is 0.840. The van der Waals surface area contributed by atoms with Crippen molar-refractivity contribution >= 4 is 5.69 Å². The fourth-order valence-electron chi connectivity index (χ4n) is 2.51. The van der Waals surface area contributed by atoms with Crippen LogP contribution in [0, 0.1) is 0 Å². The van der Waals surface area contributed by atoms with E-state index in [-0.39, 0.29) is 19.1 Å². The molecule has 0 spiro atoms. The molecule has 22 heavy (non-hydrogen) atoms. The topological polar surface area (TPSA) is 15.3 Å². The summed E-state index contributed by atoms with van der Waals surface area (Å²) in [6.07, 6.45) is -7.70. The van der Waals surface area contributed by atoms with E-state index >= 15 is 0 Å². The lowest BCUT2D eigenvalue weighted by Crippen LogP contribution is -2.43. The Hall–Kier alpha value is -1.44. The van der Waals surface area contributed by atoms with Gasteiger partial charge in [0, 0.05) is 24.8 Å². The van der Waals surface area contributed by atoms with Crippen LogP contribution in [0.2, 0.25) is 0 Å². The van der Waals surface area contributed by atoms with Gasteiger partial charge in [0.15, 0.2) is 0 Å². The molecule has 0 radical (unpaired) electrons. The minimum absolute atomic E-state index is 0.118. The molecule has 0 saturated carbocycles. The third-order valence-electron chi connectivity index (χ3n) is 3.55. The fourth-order valence-corrected chi connectivity index (χ4v) is 2.51. The summed E-state index contributed by atoms with van der Waals surface area (Å²) in [7, 11) is 0. The summed E-state index contributed by atoms with van der Waals surface area (Å²) in [5.74, 6) is 0. The molecule has 124 valence electrons. The first-order valence-corrected chi connectivity index (χ1v) is 6.86. The molecule has 1 saturated heterocycles. The third-order valence-corrected chi connectivity index (χ3v) is 3.55. The van der Waals surface area contributed by atoms with Gasteiger partial charge in [-0.1, -0.05) is 6.07 Å². The Morgan fingerprint density at radius 2 is 1.68 bits per heavy atom. The Morgan fingerprint density at radius 1 is 1.05 bits per heavy atom. The number of hydrogen-bond acceptors (Lipinski definition) is 2. The maximum absolute atomic E-state index is 12.6. The third kappa shape index (κ3) is 5.08. The Balaban J connectivity index is 1.89. The monoisotopic (exact) mass is 326 g/mol. The second-order valence-electron chi connectivity index (χ2n) is 5.39. The van der Waals surface area contributed by atoms with Gasteiger partial charge in [-0.15, -0.1) is 0 Å². The normalized spacial score (nSPS) is 18.5. The van der Waals surface area contributed by atoms with Crippen molar-refractivity contribution in [2.24, 2.45) is 0 Å². The maximum Gasteiger partial charge on any atom is 0.416 e. The van der Waals surface area contributed by atoms with Crippen LogP contribution in [0.1, 0.15) is 18.4 Å². The molecule has 1 aliphatic heterocycles. The molecule has 0 unspecified atom stereocenters. The smallest absolute Gasteiger partial charge is 0.382 e. The molecule has 2 rings (SSSR count). The first kappa shape index (κ1) is 16.9. The molecule has 0 atom stereocenters. The number of hydrogen-bond donors (Lipinski definition) is 1. The number of piperidine rings is 1. The van der Waals surface area contributed by atoms with Gasteiger partial charge in [0.05, 0.1) is 12.1 Å². The summed E-state index contributed by atoms with van der Waals surface area (Å²) in [6, 6.07) is 4.72. The number of nitrogens with zero attached hydrogens (tertiary/aromatic N) is 1. The maximum atomic E-state index is 12.6. The first-order chi connectivity index (χ1) is 10.1. The molecule has 1 fully saturated rings. The zero-order chi connectivity index (χ0) is 16.4. The number of anilines is 1. The van der Waals surface area contributed by atoms with Gasteiger partial charge in [-0.2, -0.15) is 26.3 Å². The van der Waals surface area contributed by atoms with Crippen molar-refractivity contribution in [3.05, 3.63) is 29.8 Å². The molecular weight excluding hydrogens is 310 g/mol. The van der Waals surface area contributed by atoms with Crippen LogP contribution in [0.25, 0.3) is 0 Å². The molecule has 0 aliphatic carbocycles. The molecule has 2 nitrogen and oxygen atoms in total. The molecular formula is C14H16F6N2. The average Bonchev–Trinajstić information content (AvgIpc) is 2.39. The summed E-state index contributed by atoms with van der Waals surface area (Å²) < 4.78 is 74.7. The van der Waals surface area contributed by atoms with Gasteiger partial charge in [-0.05, 0) is 31.0 Å². The molecule has 0 aromatic heterocycles. The van der Waals surface area contributed by atoms with Crippen LogP contribution in [-0.4, -0.2) is 36.8 Å². The fraction of sp³-hybridized carbons (Fsp3) is 0.571. The number of benzene rings is 1. The SMILES string of the molecule is FC(F)(F)CN1CCC(Nc2cccc(C(F)(F)F)c2)CC1. The van der Waals surface area contributed by atoms with E-state index in [4.69, 9.17) is 0 Å². The largest absolute Gasteiger partial charge is 0.416 e. The average molecular weight is 326 g/mol. The molecule has 1 aromatic rings. The zero-order valence-electron chi connectivity index (χ0n) is 11.6. The van der Waals surface area contributed by atoms with Gasteiger partial charge in [-0.25, -0.2) is 0 Å². The Morgan fingerprint density at radius 3 is 2.23 bits per heavy atom. The summed E-state index contributed by atoms with van der Waals surface area (Å²) in [4.78, 5) is 1.31. The number of alkyl halides is 6. The second-order valence-corrected chi connectivity index (χ2v) is 5.39. The van der Waals surface area contributed by atoms with Crippen LogP contribution >= 0.6 is 0 Å². The highest BCUT2D eigenvalue weighted by atomic mass is 19.4. The van der Waals surface area contributed by atoms with E-state index in [1.807, 2.05) is 0 Å². The standard InChI is InChI=1S/C14H16F6N2/c15-13(16,17)9-22-6-4-11(5-7-22)21-12-3-1-2-10(8-12)14(18,19)20/h1-3,8,11,21H,4-7,9H2. The lowest BCUT2D eigenvalue weighted by Gasteiger charge is -2.33. The van der Waals surface area contributed by atoms with Crippen LogP contribution in [0.15, 0.2) is 24.3 Å². The van der Waals surface area contributed by atoms with Gasteiger partial charge in [-0.3, -0.25) is 4.90 Å². The van der Waals surface area contributed by atoms with E-state index in [1.165, 1.54) is 17.0 Å². The van der Waals surface area contributed by atoms with Gasteiger partial charge >= 0.3 is 12.4 Å². The molecule has 1 N–H and O–H groups in total. The lowest BCUT2D eigenvalue weighted by molar-refractivity contribution is -0.147. The second kappa shape index (κ2) is 6.36. The Bertz CT molecular complexity index is 489. The van der Waals surface area contributed by atoms with Crippen molar-refractivity contribution in [3.8, 4) is 0 Å². The number of halogens is 6. The highest BCUT2D eigenvalue weighted by Gasteiger charge is 2.33. The number of nitrogens with one attached hydrogen (secondary N) is 1. The molecule has 8 heteroatoms. The summed E-state index contributed by atoms with van der Waals surface area (Å²) in [6.45, 7) is -0.393. The first-order valence-electron chi connectivity index (χ1n) is 6.86. The molecule has 0 amide bonds. The number of rotatable bonds is 3. The van der Waals surface area contributed by atoms with Crippen molar-refractivity contribution in [1.29, 1.82) is 0 Å². The summed E-state index contributed by atoms with van der Waals surface area (Å²) in [5, 5.41) is 2.97. The predicted octanol–water partition coefficient (Wildman–Crippen LogP) is 4.14. The van der Waals surface area contributed by atoms with Crippen molar-refractivity contribution in [1.82, 2.24) is 4.90 Å². The van der Waals surface area contributed by atoms with Crippen molar-refractivity contribution in [2.45, 2.75) is 31.2 Å². The van der Waals surface area contributed by atoms with E-state index in [0.29, 0.717) is 18.5 Å². The van der Waals surface area contributed by atoms with Crippen LogP contribution < -0.4 is 5.32 Å². The van der Waals surface area contributed by atoms with E-state index in [2.05, 4.69) is 5.32 Å². The Labute approximate surface area is 124 Å². The van der Waals surface area contributed by atoms with E-state index in [0.717, 1.165) is 12.1 Å². The van der Waals surface area contributed by atoms with Crippen LogP contribution in [0.4, 0.5) is 32.0 Å². The number of likely N-dealkylation sites (tertiary alicyclic amines) is 1. The van der Waals surface area contributed by atoms with Gasteiger partial charge in [0.1, 0.15) is 0 Å². The highest BCUT2D eigenvalue weighted by Crippen LogP contribution is 2.31. The zero-order valence-corrected chi connectivity index (χ0v) is 11.6. The molecule has 1 aliphatic rings. The van der Waals surface area contributed by atoms with Gasteiger partial charge < -0.3 is 5.32 Å². The van der Waals surface area contributed by atoms with Crippen LogP contribution in [0.3, 0.4) is 0 Å². The lowest BCUT2D eigenvalue weighted by atomic mass is 10.0. The van der Waals surface area contributed by atoms with Crippen molar-refractivity contribution < 1.29 is 26.3 Å². The minimum atomic E-state index is -4.41. The summed E-state index contributed by atoms with van der Waals surface area (Å²) in [5.41, 5.74) is -0.406. The van der Waals surface area contributed by atoms with Crippen LogP contribution in [-0.2, 0) is 6.18 Å².